The summed E-state index contributed by atoms with van der Waals surface area (Å²) in [6.45, 7) is 0.884. The molecule has 0 saturated heterocycles. The molecule has 94 valence electrons. The Morgan fingerprint density at radius 3 is 2.94 bits per heavy atom. The van der Waals surface area contributed by atoms with E-state index >= 15 is 0 Å². The van der Waals surface area contributed by atoms with Gasteiger partial charge in [0.2, 0.25) is 0 Å². The number of ether oxygens (including phenoxy) is 1. The van der Waals surface area contributed by atoms with Crippen molar-refractivity contribution in [1.82, 2.24) is 4.90 Å². The molecule has 1 aliphatic carbocycles. The van der Waals surface area contributed by atoms with Crippen LogP contribution >= 0.6 is 11.3 Å². The van der Waals surface area contributed by atoms with Crippen LogP contribution in [-0.2, 0) is 11.2 Å². The van der Waals surface area contributed by atoms with Crippen molar-refractivity contribution in [2.75, 3.05) is 13.7 Å². The minimum atomic E-state index is 0.216. The van der Waals surface area contributed by atoms with E-state index in [1.807, 2.05) is 11.3 Å². The Kier molecular flexibility index (Phi) is 3.50. The highest BCUT2D eigenvalue weighted by Crippen LogP contribution is 2.36. The molecule has 1 aromatic rings. The highest BCUT2D eigenvalue weighted by molar-refractivity contribution is 7.10. The minimum absolute atomic E-state index is 0.216. The summed E-state index contributed by atoms with van der Waals surface area (Å²) < 4.78 is 6.01. The maximum atomic E-state index is 6.01. The van der Waals surface area contributed by atoms with Crippen molar-refractivity contribution in [3.8, 4) is 0 Å². The Morgan fingerprint density at radius 2 is 2.12 bits per heavy atom. The molecule has 0 radical (unpaired) electrons. The Balaban J connectivity index is 1.76. The van der Waals surface area contributed by atoms with Crippen LogP contribution < -0.4 is 0 Å². The molecule has 3 heteroatoms. The smallest absolute Gasteiger partial charge is 0.137 e. The molecule has 1 atom stereocenters. The summed E-state index contributed by atoms with van der Waals surface area (Å²) in [7, 11) is 2.24. The zero-order chi connectivity index (χ0) is 11.7. The minimum Gasteiger partial charge on any atom is -0.358 e. The lowest BCUT2D eigenvalue weighted by Crippen LogP contribution is -2.39. The van der Waals surface area contributed by atoms with Crippen molar-refractivity contribution < 1.29 is 4.74 Å². The van der Waals surface area contributed by atoms with E-state index in [4.69, 9.17) is 4.74 Å². The molecule has 2 nitrogen and oxygen atoms in total. The van der Waals surface area contributed by atoms with Crippen LogP contribution in [-0.4, -0.2) is 24.6 Å². The first kappa shape index (κ1) is 11.7. The molecule has 1 fully saturated rings. The Hall–Kier alpha value is -0.380. The third kappa shape index (κ3) is 2.28. The SMILES string of the molecule is CN(C1CCCCC1)C1OCCc2sccc21. The lowest BCUT2D eigenvalue weighted by atomic mass is 9.93. The first-order valence-corrected chi connectivity index (χ1v) is 7.64. The maximum absolute atomic E-state index is 6.01. The van der Waals surface area contributed by atoms with Gasteiger partial charge < -0.3 is 4.74 Å². The van der Waals surface area contributed by atoms with Gasteiger partial charge in [-0.1, -0.05) is 19.3 Å². The van der Waals surface area contributed by atoms with Crippen molar-refractivity contribution in [1.29, 1.82) is 0 Å². The number of hydrogen-bond acceptors (Lipinski definition) is 3. The van der Waals surface area contributed by atoms with Gasteiger partial charge in [-0.15, -0.1) is 11.3 Å². The molecule has 1 saturated carbocycles. The highest BCUT2D eigenvalue weighted by Gasteiger charge is 2.30. The van der Waals surface area contributed by atoms with E-state index < -0.39 is 0 Å². The third-order valence-electron chi connectivity index (χ3n) is 4.17. The van der Waals surface area contributed by atoms with Gasteiger partial charge >= 0.3 is 0 Å². The van der Waals surface area contributed by atoms with Gasteiger partial charge in [-0.2, -0.15) is 0 Å². The van der Waals surface area contributed by atoms with Crippen LogP contribution in [0.4, 0.5) is 0 Å². The van der Waals surface area contributed by atoms with Crippen LogP contribution in [0.2, 0.25) is 0 Å². The van der Waals surface area contributed by atoms with Crippen molar-refractivity contribution in [3.63, 3.8) is 0 Å². The summed E-state index contributed by atoms with van der Waals surface area (Å²) in [5.74, 6) is 0. The number of fused-ring (bicyclic) bond motifs is 1. The summed E-state index contributed by atoms with van der Waals surface area (Å²) in [6.07, 6.45) is 8.19. The molecule has 2 aliphatic rings. The van der Waals surface area contributed by atoms with Gasteiger partial charge in [0.25, 0.3) is 0 Å². The standard InChI is InChI=1S/C14H21NOS/c1-15(11-5-3-2-4-6-11)14-12-8-10-17-13(12)7-9-16-14/h8,10-11,14H,2-7,9H2,1H3. The van der Waals surface area contributed by atoms with E-state index in [1.54, 1.807) is 0 Å². The molecule has 17 heavy (non-hydrogen) atoms. The topological polar surface area (TPSA) is 12.5 Å². The molecule has 3 rings (SSSR count). The first-order chi connectivity index (χ1) is 8.36. The maximum Gasteiger partial charge on any atom is 0.137 e. The summed E-state index contributed by atoms with van der Waals surface area (Å²) in [4.78, 5) is 4.01. The second kappa shape index (κ2) is 5.09. The van der Waals surface area contributed by atoms with Gasteiger partial charge in [-0.25, -0.2) is 0 Å². The zero-order valence-corrected chi connectivity index (χ0v) is 11.3. The van der Waals surface area contributed by atoms with Gasteiger partial charge in [-0.05, 0) is 31.3 Å². The average molecular weight is 251 g/mol. The van der Waals surface area contributed by atoms with E-state index in [9.17, 15) is 0 Å². The van der Waals surface area contributed by atoms with Crippen LogP contribution in [0.1, 0.15) is 48.8 Å². The largest absolute Gasteiger partial charge is 0.358 e. The summed E-state index contributed by atoms with van der Waals surface area (Å²) in [5, 5.41) is 2.21. The highest BCUT2D eigenvalue weighted by atomic mass is 32.1. The number of rotatable bonds is 2. The van der Waals surface area contributed by atoms with Gasteiger partial charge in [0, 0.05) is 22.9 Å². The molecule has 0 bridgehead atoms. The predicted octanol–water partition coefficient (Wildman–Crippen LogP) is 3.58. The summed E-state index contributed by atoms with van der Waals surface area (Å²) in [5.41, 5.74) is 1.43. The molecular formula is C14H21NOS. The molecule has 1 aliphatic heterocycles. The molecule has 0 N–H and O–H groups in total. The number of hydrogen-bond donors (Lipinski definition) is 0. The van der Waals surface area contributed by atoms with Crippen LogP contribution in [0.5, 0.6) is 0 Å². The van der Waals surface area contributed by atoms with Crippen LogP contribution in [0.25, 0.3) is 0 Å². The van der Waals surface area contributed by atoms with Crippen LogP contribution in [0.3, 0.4) is 0 Å². The van der Waals surface area contributed by atoms with E-state index in [0.717, 1.165) is 19.1 Å². The Labute approximate surface area is 108 Å². The fourth-order valence-corrected chi connectivity index (χ4v) is 4.03. The van der Waals surface area contributed by atoms with Gasteiger partial charge in [0.15, 0.2) is 0 Å². The van der Waals surface area contributed by atoms with E-state index in [2.05, 4.69) is 23.4 Å². The number of nitrogens with zero attached hydrogens (tertiary/aromatic N) is 1. The predicted molar refractivity (Wildman–Crippen MR) is 71.4 cm³/mol. The van der Waals surface area contributed by atoms with Crippen LogP contribution in [0, 0.1) is 0 Å². The molecule has 0 spiro atoms. The summed E-state index contributed by atoms with van der Waals surface area (Å²) >= 11 is 1.89. The third-order valence-corrected chi connectivity index (χ3v) is 5.17. The lowest BCUT2D eigenvalue weighted by molar-refractivity contribution is -0.0811. The quantitative estimate of drug-likeness (QED) is 0.796. The Bertz CT molecular complexity index is 370. The van der Waals surface area contributed by atoms with E-state index in [-0.39, 0.29) is 6.23 Å². The lowest BCUT2D eigenvalue weighted by Gasteiger charge is -2.38. The molecule has 0 amide bonds. The second-order valence-electron chi connectivity index (χ2n) is 5.23. The fraction of sp³-hybridized carbons (Fsp3) is 0.714. The molecule has 0 aromatic carbocycles. The molecule has 1 aromatic heterocycles. The van der Waals surface area contributed by atoms with Gasteiger partial charge in [0.1, 0.15) is 6.23 Å². The second-order valence-corrected chi connectivity index (χ2v) is 6.23. The Morgan fingerprint density at radius 1 is 1.29 bits per heavy atom. The van der Waals surface area contributed by atoms with Crippen molar-refractivity contribution in [2.24, 2.45) is 0 Å². The van der Waals surface area contributed by atoms with E-state index in [1.165, 1.54) is 42.5 Å². The van der Waals surface area contributed by atoms with Crippen molar-refractivity contribution >= 4 is 11.3 Å². The molecular weight excluding hydrogens is 230 g/mol. The van der Waals surface area contributed by atoms with Gasteiger partial charge in [-0.3, -0.25) is 4.90 Å². The first-order valence-electron chi connectivity index (χ1n) is 6.76. The molecule has 2 heterocycles. The summed E-state index contributed by atoms with van der Waals surface area (Å²) in [6, 6.07) is 2.97. The fourth-order valence-electron chi connectivity index (χ4n) is 3.14. The van der Waals surface area contributed by atoms with Gasteiger partial charge in [0.05, 0.1) is 6.61 Å². The van der Waals surface area contributed by atoms with Crippen molar-refractivity contribution in [3.05, 3.63) is 21.9 Å². The normalized spacial score (nSPS) is 26.1. The van der Waals surface area contributed by atoms with Crippen molar-refractivity contribution in [2.45, 2.75) is 50.8 Å². The van der Waals surface area contributed by atoms with Crippen LogP contribution in [0.15, 0.2) is 11.4 Å². The monoisotopic (exact) mass is 251 g/mol. The molecule has 1 unspecified atom stereocenters. The average Bonchev–Trinajstić information content (AvgIpc) is 2.87. The number of thiophene rings is 1. The van der Waals surface area contributed by atoms with E-state index in [0.29, 0.717) is 0 Å². The zero-order valence-electron chi connectivity index (χ0n) is 10.5.